The summed E-state index contributed by atoms with van der Waals surface area (Å²) in [6, 6.07) is 8.29. The molecule has 3 nitrogen and oxygen atoms in total. The first-order valence-corrected chi connectivity index (χ1v) is 9.79. The third-order valence-electron chi connectivity index (χ3n) is 4.35. The minimum Gasteiger partial charge on any atom is -0.302 e. The van der Waals surface area contributed by atoms with E-state index in [2.05, 4.69) is 38.4 Å². The van der Waals surface area contributed by atoms with E-state index in [-0.39, 0.29) is 5.91 Å². The van der Waals surface area contributed by atoms with Crippen LogP contribution in [0, 0.1) is 5.92 Å². The van der Waals surface area contributed by atoms with Crippen LogP contribution in [0.1, 0.15) is 49.0 Å². The Kier molecular flexibility index (Phi) is 5.84. The summed E-state index contributed by atoms with van der Waals surface area (Å²) in [6.45, 7) is 0. The number of hydrogen-bond donors (Lipinski definition) is 1. The third kappa shape index (κ3) is 5.15. The molecule has 1 N–H and O–H groups in total. The molecule has 2 aromatic rings. The number of rotatable bonds is 6. The van der Waals surface area contributed by atoms with Crippen LogP contribution in [0.25, 0.3) is 0 Å². The molecule has 1 aromatic carbocycles. The molecule has 0 radical (unpaired) electrons. The normalized spacial score (nSPS) is 15.0. The van der Waals surface area contributed by atoms with Crippen molar-refractivity contribution in [3.8, 4) is 0 Å². The first kappa shape index (κ1) is 16.7. The lowest BCUT2D eigenvalue weighted by molar-refractivity contribution is -0.116. The Morgan fingerprint density at radius 2 is 2.00 bits per heavy atom. The number of thiazole rings is 1. The maximum absolute atomic E-state index is 12.0. The van der Waals surface area contributed by atoms with Gasteiger partial charge in [-0.25, -0.2) is 4.98 Å². The fourth-order valence-electron chi connectivity index (χ4n) is 3.07. The summed E-state index contributed by atoms with van der Waals surface area (Å²) in [6.07, 6.45) is 9.59. The third-order valence-corrected chi connectivity index (χ3v) is 5.79. The summed E-state index contributed by atoms with van der Waals surface area (Å²) in [5, 5.41) is 3.66. The van der Waals surface area contributed by atoms with E-state index in [4.69, 9.17) is 0 Å². The van der Waals surface area contributed by atoms with Crippen LogP contribution in [0.15, 0.2) is 34.9 Å². The number of aromatic nitrogens is 1. The largest absolute Gasteiger partial charge is 0.302 e. The van der Waals surface area contributed by atoms with Gasteiger partial charge in [0.15, 0.2) is 5.13 Å². The van der Waals surface area contributed by atoms with Crippen LogP contribution < -0.4 is 5.32 Å². The molecular weight excluding hydrogens is 372 g/mol. The highest BCUT2D eigenvalue weighted by Crippen LogP contribution is 2.29. The molecule has 1 amide bonds. The molecule has 0 saturated heterocycles. The number of anilines is 1. The van der Waals surface area contributed by atoms with Gasteiger partial charge in [0.25, 0.3) is 0 Å². The Bertz CT molecular complexity index is 647. The van der Waals surface area contributed by atoms with E-state index in [9.17, 15) is 4.79 Å². The smallest absolute Gasteiger partial charge is 0.226 e. The minimum absolute atomic E-state index is 0.0986. The van der Waals surface area contributed by atoms with Crippen molar-refractivity contribution in [3.63, 3.8) is 0 Å². The molecule has 1 aromatic heterocycles. The van der Waals surface area contributed by atoms with E-state index in [1.54, 1.807) is 11.3 Å². The van der Waals surface area contributed by atoms with E-state index in [1.165, 1.54) is 36.1 Å². The molecule has 0 bridgehead atoms. The average molecular weight is 393 g/mol. The Morgan fingerprint density at radius 1 is 1.26 bits per heavy atom. The highest BCUT2D eigenvalue weighted by atomic mass is 79.9. The molecule has 5 heteroatoms. The van der Waals surface area contributed by atoms with Gasteiger partial charge in [-0.1, -0.05) is 53.7 Å². The summed E-state index contributed by atoms with van der Waals surface area (Å²) in [5.74, 6) is 0.853. The molecule has 0 unspecified atom stereocenters. The average Bonchev–Trinajstić information content (AvgIpc) is 3.20. The molecule has 0 spiro atoms. The molecule has 122 valence electrons. The number of carbonyl (C=O) groups is 1. The minimum atomic E-state index is 0.0986. The summed E-state index contributed by atoms with van der Waals surface area (Å²) in [7, 11) is 0. The van der Waals surface area contributed by atoms with Crippen LogP contribution in [0.2, 0.25) is 0 Å². The van der Waals surface area contributed by atoms with Crippen LogP contribution in [0.4, 0.5) is 5.13 Å². The Balaban J connectivity index is 1.48. The van der Waals surface area contributed by atoms with Crippen molar-refractivity contribution in [3.05, 3.63) is 45.4 Å². The molecule has 1 saturated carbocycles. The van der Waals surface area contributed by atoms with Gasteiger partial charge in [-0.3, -0.25) is 4.79 Å². The quantitative estimate of drug-likeness (QED) is 0.714. The zero-order valence-corrected chi connectivity index (χ0v) is 15.5. The van der Waals surface area contributed by atoms with E-state index in [0.717, 1.165) is 23.2 Å². The maximum Gasteiger partial charge on any atom is 0.226 e. The highest BCUT2D eigenvalue weighted by Gasteiger charge is 2.16. The lowest BCUT2D eigenvalue weighted by Gasteiger charge is -2.07. The van der Waals surface area contributed by atoms with Gasteiger partial charge in [0, 0.05) is 28.4 Å². The number of carbonyl (C=O) groups excluding carboxylic acids is 1. The highest BCUT2D eigenvalue weighted by molar-refractivity contribution is 9.10. The number of nitrogens with zero attached hydrogens (tertiary/aromatic N) is 1. The molecule has 23 heavy (non-hydrogen) atoms. The first-order chi connectivity index (χ1) is 11.2. The number of amides is 1. The molecule has 3 rings (SSSR count). The number of benzene rings is 1. The van der Waals surface area contributed by atoms with Crippen molar-refractivity contribution in [1.29, 1.82) is 0 Å². The van der Waals surface area contributed by atoms with E-state index in [0.29, 0.717) is 11.6 Å². The topological polar surface area (TPSA) is 42.0 Å². The van der Waals surface area contributed by atoms with Gasteiger partial charge < -0.3 is 5.32 Å². The number of halogens is 1. The number of hydrogen-bond acceptors (Lipinski definition) is 3. The van der Waals surface area contributed by atoms with Gasteiger partial charge in [0.1, 0.15) is 0 Å². The molecule has 0 aliphatic heterocycles. The van der Waals surface area contributed by atoms with Gasteiger partial charge in [0.05, 0.1) is 0 Å². The molecule has 1 aliphatic rings. The number of nitrogens with one attached hydrogen (secondary N) is 1. The van der Waals surface area contributed by atoms with Crippen molar-refractivity contribution in [1.82, 2.24) is 4.98 Å². The second-order valence-corrected chi connectivity index (χ2v) is 8.20. The molecule has 1 fully saturated rings. The zero-order valence-electron chi connectivity index (χ0n) is 13.1. The second-order valence-electron chi connectivity index (χ2n) is 6.17. The monoisotopic (exact) mass is 392 g/mol. The summed E-state index contributed by atoms with van der Waals surface area (Å²) in [4.78, 5) is 17.5. The van der Waals surface area contributed by atoms with Gasteiger partial charge >= 0.3 is 0 Å². The van der Waals surface area contributed by atoms with Crippen molar-refractivity contribution < 1.29 is 4.79 Å². The van der Waals surface area contributed by atoms with Gasteiger partial charge in [-0.05, 0) is 30.0 Å². The molecule has 1 aliphatic carbocycles. The van der Waals surface area contributed by atoms with Crippen LogP contribution in [-0.4, -0.2) is 10.9 Å². The predicted molar refractivity (Wildman–Crippen MR) is 98.9 cm³/mol. The van der Waals surface area contributed by atoms with E-state index in [1.807, 2.05) is 18.3 Å². The summed E-state index contributed by atoms with van der Waals surface area (Å²) < 4.78 is 1.08. The van der Waals surface area contributed by atoms with E-state index >= 15 is 0 Å². The van der Waals surface area contributed by atoms with Crippen molar-refractivity contribution in [2.24, 2.45) is 5.92 Å². The second kappa shape index (κ2) is 8.06. The van der Waals surface area contributed by atoms with Gasteiger partial charge in [-0.2, -0.15) is 0 Å². The van der Waals surface area contributed by atoms with Crippen molar-refractivity contribution in [2.45, 2.75) is 44.9 Å². The standard InChI is InChI=1S/C18H21BrN2OS/c19-15-8-5-14(6-9-15)11-16-12-20-18(23-16)21-17(22)10-7-13-3-1-2-4-13/h5-6,8-9,12-13H,1-4,7,10-11H2,(H,20,21,22). The van der Waals surface area contributed by atoms with Crippen LogP contribution >= 0.6 is 27.3 Å². The zero-order chi connectivity index (χ0) is 16.1. The Morgan fingerprint density at radius 3 is 2.74 bits per heavy atom. The van der Waals surface area contributed by atoms with Crippen molar-refractivity contribution in [2.75, 3.05) is 5.32 Å². The SMILES string of the molecule is O=C(CCC1CCCC1)Nc1ncc(Cc2ccc(Br)cc2)s1. The summed E-state index contributed by atoms with van der Waals surface area (Å²) >= 11 is 5.01. The molecule has 0 atom stereocenters. The van der Waals surface area contributed by atoms with Crippen LogP contribution in [0.5, 0.6) is 0 Å². The molecular formula is C18H21BrN2OS. The van der Waals surface area contributed by atoms with Gasteiger partial charge in [0.2, 0.25) is 5.91 Å². The summed E-state index contributed by atoms with van der Waals surface area (Å²) in [5.41, 5.74) is 1.25. The Labute approximate surface area is 149 Å². The fraction of sp³-hybridized carbons (Fsp3) is 0.444. The Hall–Kier alpha value is -1.20. The first-order valence-electron chi connectivity index (χ1n) is 8.18. The van der Waals surface area contributed by atoms with E-state index < -0.39 is 0 Å². The maximum atomic E-state index is 12.0. The lowest BCUT2D eigenvalue weighted by Crippen LogP contribution is -2.12. The fourth-order valence-corrected chi connectivity index (χ4v) is 4.19. The lowest BCUT2D eigenvalue weighted by atomic mass is 10.0. The molecule has 1 heterocycles. The predicted octanol–water partition coefficient (Wildman–Crippen LogP) is 5.41. The van der Waals surface area contributed by atoms with Crippen LogP contribution in [0.3, 0.4) is 0 Å². The van der Waals surface area contributed by atoms with Crippen molar-refractivity contribution >= 4 is 38.3 Å². The van der Waals surface area contributed by atoms with Gasteiger partial charge in [-0.15, -0.1) is 11.3 Å². The van der Waals surface area contributed by atoms with Crippen LogP contribution in [-0.2, 0) is 11.2 Å².